The molecule has 1 rings (SSSR count). The van der Waals surface area contributed by atoms with E-state index in [4.69, 9.17) is 11.3 Å². The van der Waals surface area contributed by atoms with Gasteiger partial charge in [-0.05, 0) is 5.75 Å². The van der Waals surface area contributed by atoms with Crippen LogP contribution in [0, 0.1) is 12.3 Å². The van der Waals surface area contributed by atoms with Crippen molar-refractivity contribution < 1.29 is 19.2 Å². The topological polar surface area (TPSA) is 63.7 Å². The number of nitrogens with zero attached hydrogens (tertiary/aromatic N) is 1. The zero-order valence-electron chi connectivity index (χ0n) is 9.47. The van der Waals surface area contributed by atoms with Gasteiger partial charge >= 0.3 is 5.97 Å². The third kappa shape index (κ3) is 3.49. The van der Waals surface area contributed by atoms with Gasteiger partial charge < -0.3 is 4.84 Å². The van der Waals surface area contributed by atoms with Crippen LogP contribution < -0.4 is 0 Å². The van der Waals surface area contributed by atoms with Crippen LogP contribution >= 0.6 is 11.8 Å². The lowest BCUT2D eigenvalue weighted by Gasteiger charge is -2.12. The Morgan fingerprint density at radius 3 is 2.94 bits per heavy atom. The summed E-state index contributed by atoms with van der Waals surface area (Å²) >= 11 is 1.36. The molecule has 17 heavy (non-hydrogen) atoms. The summed E-state index contributed by atoms with van der Waals surface area (Å²) < 4.78 is 0. The molecule has 0 aromatic heterocycles. The molecule has 1 unspecified atom stereocenters. The molecule has 0 aliphatic carbocycles. The monoisotopic (exact) mass is 255 g/mol. The average Bonchev–Trinajstić information content (AvgIpc) is 2.55. The highest BCUT2D eigenvalue weighted by atomic mass is 32.2. The van der Waals surface area contributed by atoms with Crippen LogP contribution in [0.5, 0.6) is 0 Å². The molecular weight excluding hydrogens is 242 g/mol. The third-order valence-electron chi connectivity index (χ3n) is 2.10. The first-order valence-corrected chi connectivity index (χ1v) is 6.27. The van der Waals surface area contributed by atoms with Gasteiger partial charge in [-0.2, -0.15) is 0 Å². The zero-order valence-corrected chi connectivity index (χ0v) is 10.3. The lowest BCUT2D eigenvalue weighted by atomic mass is 10.3. The molecule has 92 valence electrons. The maximum atomic E-state index is 11.7. The number of hydrogen-bond donors (Lipinski definition) is 0. The van der Waals surface area contributed by atoms with E-state index in [2.05, 4.69) is 5.92 Å². The molecule has 0 radical (unpaired) electrons. The number of terminal acetylenes is 1. The van der Waals surface area contributed by atoms with Crippen LogP contribution in [0.15, 0.2) is 0 Å². The number of imide groups is 1. The summed E-state index contributed by atoms with van der Waals surface area (Å²) in [5.41, 5.74) is 0. The van der Waals surface area contributed by atoms with E-state index in [1.54, 1.807) is 0 Å². The average molecular weight is 255 g/mol. The molecule has 0 bridgehead atoms. The van der Waals surface area contributed by atoms with Crippen molar-refractivity contribution in [3.8, 4) is 12.3 Å². The smallest absolute Gasteiger partial charge is 0.330 e. The Balaban J connectivity index is 2.54. The van der Waals surface area contributed by atoms with E-state index < -0.39 is 23.0 Å². The number of hydrogen-bond acceptors (Lipinski definition) is 5. The van der Waals surface area contributed by atoms with Crippen molar-refractivity contribution in [2.24, 2.45) is 0 Å². The van der Waals surface area contributed by atoms with Crippen LogP contribution in [0.1, 0.15) is 26.2 Å². The molecule has 1 aliphatic rings. The molecule has 0 spiro atoms. The maximum absolute atomic E-state index is 11.7. The summed E-state index contributed by atoms with van der Waals surface area (Å²) in [6.07, 6.45) is 5.30. The fourth-order valence-corrected chi connectivity index (χ4v) is 2.23. The Hall–Kier alpha value is -1.48. The van der Waals surface area contributed by atoms with Gasteiger partial charge in [0.2, 0.25) is 0 Å². The SMILES string of the molecule is C#CCCC(=O)ON1C(=O)CC(SCC)C1=O. The van der Waals surface area contributed by atoms with Crippen molar-refractivity contribution in [2.75, 3.05) is 5.75 Å². The molecule has 2 amide bonds. The van der Waals surface area contributed by atoms with E-state index in [1.807, 2.05) is 6.92 Å². The second kappa shape index (κ2) is 6.30. The number of rotatable bonds is 5. The summed E-state index contributed by atoms with van der Waals surface area (Å²) in [7, 11) is 0. The van der Waals surface area contributed by atoms with Crippen LogP contribution in [0.3, 0.4) is 0 Å². The molecule has 1 aliphatic heterocycles. The highest BCUT2D eigenvalue weighted by Crippen LogP contribution is 2.25. The largest absolute Gasteiger partial charge is 0.334 e. The predicted molar refractivity (Wildman–Crippen MR) is 62.5 cm³/mol. The van der Waals surface area contributed by atoms with Crippen LogP contribution in [0.25, 0.3) is 0 Å². The Morgan fingerprint density at radius 2 is 2.35 bits per heavy atom. The summed E-state index contributed by atoms with van der Waals surface area (Å²) in [6.45, 7) is 1.89. The Morgan fingerprint density at radius 1 is 1.65 bits per heavy atom. The summed E-state index contributed by atoms with van der Waals surface area (Å²) in [5, 5.41) is 0.125. The van der Waals surface area contributed by atoms with Gasteiger partial charge in [0.25, 0.3) is 11.8 Å². The molecule has 0 aromatic rings. The van der Waals surface area contributed by atoms with E-state index in [9.17, 15) is 14.4 Å². The second-order valence-corrected chi connectivity index (χ2v) is 4.82. The molecule has 1 atom stereocenters. The standard InChI is InChI=1S/C11H13NO4S/c1-3-5-6-10(14)16-12-9(13)7-8(11(12)15)17-4-2/h1,8H,4-7H2,2H3. The Kier molecular flexibility index (Phi) is 5.04. The minimum absolute atomic E-state index is 0.000846. The third-order valence-corrected chi connectivity index (χ3v) is 3.20. The number of carbonyl (C=O) groups is 3. The van der Waals surface area contributed by atoms with E-state index in [-0.39, 0.29) is 19.3 Å². The fourth-order valence-electron chi connectivity index (χ4n) is 1.33. The summed E-state index contributed by atoms with van der Waals surface area (Å²) in [5.74, 6) is 1.41. The second-order valence-electron chi connectivity index (χ2n) is 3.34. The quantitative estimate of drug-likeness (QED) is 0.535. The highest BCUT2D eigenvalue weighted by molar-refractivity contribution is 8.00. The summed E-state index contributed by atoms with van der Waals surface area (Å²) in [4.78, 5) is 39.1. The molecule has 0 saturated carbocycles. The summed E-state index contributed by atoms with van der Waals surface area (Å²) in [6, 6.07) is 0. The van der Waals surface area contributed by atoms with E-state index in [0.29, 0.717) is 5.06 Å². The lowest BCUT2D eigenvalue weighted by Crippen LogP contribution is -2.33. The number of carbonyl (C=O) groups excluding carboxylic acids is 3. The minimum atomic E-state index is -0.660. The van der Waals surface area contributed by atoms with Gasteiger partial charge in [-0.25, -0.2) is 4.79 Å². The minimum Gasteiger partial charge on any atom is -0.330 e. The highest BCUT2D eigenvalue weighted by Gasteiger charge is 2.41. The first-order chi connectivity index (χ1) is 8.10. The van der Waals surface area contributed by atoms with Crippen LogP contribution in [0.4, 0.5) is 0 Å². The van der Waals surface area contributed by atoms with E-state index in [0.717, 1.165) is 5.75 Å². The van der Waals surface area contributed by atoms with Crippen molar-refractivity contribution >= 4 is 29.5 Å². The van der Waals surface area contributed by atoms with Crippen molar-refractivity contribution in [2.45, 2.75) is 31.4 Å². The number of hydroxylamine groups is 2. The van der Waals surface area contributed by atoms with Crippen molar-refractivity contribution in [3.05, 3.63) is 0 Å². The molecule has 6 heteroatoms. The van der Waals surface area contributed by atoms with Gasteiger partial charge in [0.15, 0.2) is 0 Å². The predicted octanol–water partition coefficient (Wildman–Crippen LogP) is 0.739. The molecule has 1 fully saturated rings. The zero-order chi connectivity index (χ0) is 12.8. The van der Waals surface area contributed by atoms with Crippen LogP contribution in [0.2, 0.25) is 0 Å². The molecule has 0 N–H and O–H groups in total. The van der Waals surface area contributed by atoms with Gasteiger partial charge in [-0.1, -0.05) is 6.92 Å². The normalized spacial score (nSPS) is 19.3. The van der Waals surface area contributed by atoms with Crippen molar-refractivity contribution in [1.29, 1.82) is 0 Å². The number of thioether (sulfide) groups is 1. The van der Waals surface area contributed by atoms with Gasteiger partial charge in [-0.15, -0.1) is 29.2 Å². The molecule has 1 heterocycles. The molecule has 1 saturated heterocycles. The number of amides is 2. The molecule has 5 nitrogen and oxygen atoms in total. The lowest BCUT2D eigenvalue weighted by molar-refractivity contribution is -0.197. The van der Waals surface area contributed by atoms with Gasteiger partial charge in [0.05, 0.1) is 18.1 Å². The Labute approximate surface area is 104 Å². The molecular formula is C11H13NO4S. The maximum Gasteiger partial charge on any atom is 0.334 e. The van der Waals surface area contributed by atoms with Crippen molar-refractivity contribution in [3.63, 3.8) is 0 Å². The first kappa shape index (κ1) is 13.6. The molecule has 0 aromatic carbocycles. The van der Waals surface area contributed by atoms with E-state index in [1.165, 1.54) is 11.8 Å². The van der Waals surface area contributed by atoms with Gasteiger partial charge in [0.1, 0.15) is 0 Å². The van der Waals surface area contributed by atoms with E-state index >= 15 is 0 Å². The van der Waals surface area contributed by atoms with Gasteiger partial charge in [0, 0.05) is 6.42 Å². The van der Waals surface area contributed by atoms with Crippen molar-refractivity contribution in [1.82, 2.24) is 5.06 Å². The van der Waals surface area contributed by atoms with Gasteiger partial charge in [-0.3, -0.25) is 9.59 Å². The fraction of sp³-hybridized carbons (Fsp3) is 0.545. The first-order valence-electron chi connectivity index (χ1n) is 5.22. The Bertz CT molecular complexity index is 374. The van der Waals surface area contributed by atoms with Crippen LogP contribution in [-0.4, -0.2) is 33.8 Å². The van der Waals surface area contributed by atoms with Crippen LogP contribution in [-0.2, 0) is 19.2 Å².